The first-order valence-corrected chi connectivity index (χ1v) is 7.50. The third-order valence-electron chi connectivity index (χ3n) is 2.92. The van der Waals surface area contributed by atoms with Gasteiger partial charge >= 0.3 is 0 Å². The summed E-state index contributed by atoms with van der Waals surface area (Å²) in [5, 5.41) is 9.38. The third-order valence-corrected chi connectivity index (χ3v) is 3.77. The molecule has 0 unspecified atom stereocenters. The van der Waals surface area contributed by atoms with Gasteiger partial charge in [0.1, 0.15) is 0 Å². The Morgan fingerprint density at radius 2 is 2.30 bits per heavy atom. The molecule has 0 saturated heterocycles. The van der Waals surface area contributed by atoms with Crippen molar-refractivity contribution >= 4 is 21.6 Å². The summed E-state index contributed by atoms with van der Waals surface area (Å²) in [6.45, 7) is 5.06. The van der Waals surface area contributed by atoms with Crippen molar-refractivity contribution in [2.24, 2.45) is 0 Å². The van der Waals surface area contributed by atoms with Crippen LogP contribution in [0.4, 0.5) is 0 Å². The normalized spacial score (nSPS) is 11.6. The Kier molecular flexibility index (Phi) is 3.75. The molecule has 3 aromatic rings. The van der Waals surface area contributed by atoms with E-state index in [0.717, 1.165) is 28.7 Å². The summed E-state index contributed by atoms with van der Waals surface area (Å²) in [4.78, 5) is 8.80. The molecule has 0 saturated carbocycles. The van der Waals surface area contributed by atoms with E-state index in [1.54, 1.807) is 17.5 Å². The SMILES string of the molecule is CC(C)NCCc1nc(-c2cnc3ccsc3c2)no1. The van der Waals surface area contributed by atoms with Crippen LogP contribution in [-0.2, 0) is 6.42 Å². The molecule has 0 amide bonds. The molecule has 3 rings (SSSR count). The number of aromatic nitrogens is 3. The molecular weight excluding hydrogens is 272 g/mol. The fourth-order valence-electron chi connectivity index (χ4n) is 1.91. The average Bonchev–Trinajstić information content (AvgIpc) is 3.05. The standard InChI is InChI=1S/C14H16N4OS/c1-9(2)15-5-3-13-17-14(18-19-13)10-7-12-11(16-8-10)4-6-20-12/h4,6-9,15H,3,5H2,1-2H3. The van der Waals surface area contributed by atoms with Crippen LogP contribution >= 0.6 is 11.3 Å². The molecule has 1 N–H and O–H groups in total. The maximum absolute atomic E-state index is 5.27. The summed E-state index contributed by atoms with van der Waals surface area (Å²) in [5.74, 6) is 1.26. The number of fused-ring (bicyclic) bond motifs is 1. The van der Waals surface area contributed by atoms with E-state index in [4.69, 9.17) is 4.52 Å². The minimum Gasteiger partial charge on any atom is -0.339 e. The van der Waals surface area contributed by atoms with Crippen molar-refractivity contribution in [1.82, 2.24) is 20.4 Å². The highest BCUT2D eigenvalue weighted by Crippen LogP contribution is 2.24. The van der Waals surface area contributed by atoms with Gasteiger partial charge in [0.15, 0.2) is 0 Å². The van der Waals surface area contributed by atoms with E-state index in [1.165, 1.54) is 0 Å². The summed E-state index contributed by atoms with van der Waals surface area (Å²) >= 11 is 1.66. The van der Waals surface area contributed by atoms with E-state index in [2.05, 4.69) is 34.3 Å². The lowest BCUT2D eigenvalue weighted by Gasteiger charge is -2.04. The van der Waals surface area contributed by atoms with Crippen LogP contribution in [0.2, 0.25) is 0 Å². The Morgan fingerprint density at radius 1 is 1.40 bits per heavy atom. The van der Waals surface area contributed by atoms with Crippen molar-refractivity contribution < 1.29 is 4.52 Å². The van der Waals surface area contributed by atoms with E-state index in [9.17, 15) is 0 Å². The van der Waals surface area contributed by atoms with Crippen molar-refractivity contribution in [3.63, 3.8) is 0 Å². The highest BCUT2D eigenvalue weighted by atomic mass is 32.1. The Morgan fingerprint density at radius 3 is 3.15 bits per heavy atom. The van der Waals surface area contributed by atoms with Gasteiger partial charge in [0.2, 0.25) is 11.7 Å². The number of pyridine rings is 1. The van der Waals surface area contributed by atoms with Gasteiger partial charge in [-0.1, -0.05) is 19.0 Å². The number of nitrogens with one attached hydrogen (secondary N) is 1. The van der Waals surface area contributed by atoms with Gasteiger partial charge in [-0.15, -0.1) is 11.3 Å². The van der Waals surface area contributed by atoms with Crippen molar-refractivity contribution in [3.8, 4) is 11.4 Å². The maximum Gasteiger partial charge on any atom is 0.228 e. The van der Waals surface area contributed by atoms with Gasteiger partial charge in [-0.3, -0.25) is 4.98 Å². The first-order valence-electron chi connectivity index (χ1n) is 6.62. The van der Waals surface area contributed by atoms with Gasteiger partial charge in [0.05, 0.1) is 10.2 Å². The molecule has 3 heterocycles. The predicted molar refractivity (Wildman–Crippen MR) is 79.8 cm³/mol. The molecule has 104 valence electrons. The van der Waals surface area contributed by atoms with Crippen LogP contribution in [0, 0.1) is 0 Å². The van der Waals surface area contributed by atoms with Crippen LogP contribution in [0.1, 0.15) is 19.7 Å². The fraction of sp³-hybridized carbons (Fsp3) is 0.357. The van der Waals surface area contributed by atoms with Crippen LogP contribution in [0.3, 0.4) is 0 Å². The molecule has 0 aliphatic heterocycles. The second-order valence-corrected chi connectivity index (χ2v) is 5.85. The van der Waals surface area contributed by atoms with E-state index in [-0.39, 0.29) is 0 Å². The Bertz CT molecular complexity index is 704. The molecule has 0 fully saturated rings. The van der Waals surface area contributed by atoms with Crippen LogP contribution in [0.25, 0.3) is 21.6 Å². The minimum atomic E-state index is 0.461. The molecule has 0 aliphatic rings. The topological polar surface area (TPSA) is 63.8 Å². The highest BCUT2D eigenvalue weighted by Gasteiger charge is 2.10. The zero-order valence-electron chi connectivity index (χ0n) is 11.5. The Hall–Kier alpha value is -1.79. The number of hydrogen-bond acceptors (Lipinski definition) is 6. The molecule has 5 nitrogen and oxygen atoms in total. The van der Waals surface area contributed by atoms with Crippen LogP contribution in [-0.4, -0.2) is 27.7 Å². The number of nitrogens with zero attached hydrogens (tertiary/aromatic N) is 3. The first kappa shape index (κ1) is 13.2. The fourth-order valence-corrected chi connectivity index (χ4v) is 2.69. The van der Waals surface area contributed by atoms with E-state index in [0.29, 0.717) is 17.8 Å². The van der Waals surface area contributed by atoms with Crippen LogP contribution in [0.15, 0.2) is 28.2 Å². The van der Waals surface area contributed by atoms with E-state index in [1.807, 2.05) is 17.5 Å². The summed E-state index contributed by atoms with van der Waals surface area (Å²) in [6.07, 6.45) is 2.52. The molecule has 0 bridgehead atoms. The predicted octanol–water partition coefficient (Wildman–Crippen LogP) is 2.89. The largest absolute Gasteiger partial charge is 0.339 e. The van der Waals surface area contributed by atoms with E-state index < -0.39 is 0 Å². The van der Waals surface area contributed by atoms with E-state index >= 15 is 0 Å². The molecule has 0 radical (unpaired) electrons. The summed E-state index contributed by atoms with van der Waals surface area (Å²) < 4.78 is 6.40. The first-order chi connectivity index (χ1) is 9.72. The summed E-state index contributed by atoms with van der Waals surface area (Å²) in [6, 6.07) is 4.51. The smallest absolute Gasteiger partial charge is 0.228 e. The molecular formula is C14H16N4OS. The molecule has 0 spiro atoms. The molecule has 20 heavy (non-hydrogen) atoms. The number of hydrogen-bond donors (Lipinski definition) is 1. The van der Waals surface area contributed by atoms with Gasteiger partial charge in [-0.2, -0.15) is 4.98 Å². The molecule has 3 aromatic heterocycles. The van der Waals surface area contributed by atoms with Gasteiger partial charge in [0.25, 0.3) is 0 Å². The van der Waals surface area contributed by atoms with Crippen molar-refractivity contribution in [3.05, 3.63) is 29.6 Å². The molecule has 0 aliphatic carbocycles. The second kappa shape index (κ2) is 5.68. The van der Waals surface area contributed by atoms with Crippen molar-refractivity contribution in [2.75, 3.05) is 6.54 Å². The number of rotatable bonds is 5. The zero-order valence-corrected chi connectivity index (χ0v) is 12.3. The average molecular weight is 288 g/mol. The summed E-state index contributed by atoms with van der Waals surface area (Å²) in [7, 11) is 0. The maximum atomic E-state index is 5.27. The Labute approximate surface area is 121 Å². The summed E-state index contributed by atoms with van der Waals surface area (Å²) in [5.41, 5.74) is 1.90. The molecule has 6 heteroatoms. The highest BCUT2D eigenvalue weighted by molar-refractivity contribution is 7.17. The molecule has 0 atom stereocenters. The third kappa shape index (κ3) is 2.86. The quantitative estimate of drug-likeness (QED) is 0.782. The molecule has 0 aromatic carbocycles. The van der Waals surface area contributed by atoms with Crippen LogP contribution < -0.4 is 5.32 Å². The lowest BCUT2D eigenvalue weighted by atomic mass is 10.2. The monoisotopic (exact) mass is 288 g/mol. The van der Waals surface area contributed by atoms with Gasteiger partial charge < -0.3 is 9.84 Å². The minimum absolute atomic E-state index is 0.461. The lowest BCUT2D eigenvalue weighted by molar-refractivity contribution is 0.374. The van der Waals surface area contributed by atoms with Crippen LogP contribution in [0.5, 0.6) is 0 Å². The van der Waals surface area contributed by atoms with Crippen molar-refractivity contribution in [1.29, 1.82) is 0 Å². The second-order valence-electron chi connectivity index (χ2n) is 4.90. The zero-order chi connectivity index (χ0) is 13.9. The van der Waals surface area contributed by atoms with Gasteiger partial charge in [-0.25, -0.2) is 0 Å². The van der Waals surface area contributed by atoms with Crippen molar-refractivity contribution in [2.45, 2.75) is 26.3 Å². The van der Waals surface area contributed by atoms with Gasteiger partial charge in [-0.05, 0) is 17.5 Å². The van der Waals surface area contributed by atoms with Gasteiger partial charge in [0, 0.05) is 30.8 Å². The Balaban J connectivity index is 1.75. The number of thiophene rings is 1. The lowest BCUT2D eigenvalue weighted by Crippen LogP contribution is -2.25.